The highest BCUT2D eigenvalue weighted by molar-refractivity contribution is 6.51. The number of aliphatic hydroxyl groups is 1. The second-order valence-corrected chi connectivity index (χ2v) is 10.1. The summed E-state index contributed by atoms with van der Waals surface area (Å²) in [7, 11) is 1.28. The zero-order chi connectivity index (χ0) is 27.2. The topological polar surface area (TPSA) is 102 Å². The van der Waals surface area contributed by atoms with Gasteiger partial charge in [-0.25, -0.2) is 4.79 Å². The molecule has 38 heavy (non-hydrogen) atoms. The summed E-state index contributed by atoms with van der Waals surface area (Å²) in [6.45, 7) is 6.34. The Morgan fingerprint density at radius 3 is 2.18 bits per heavy atom. The Kier molecular flexibility index (Phi) is 6.18. The number of ketones is 1. The number of carbonyl (C=O) groups is 3. The first-order valence-corrected chi connectivity index (χ1v) is 12.1. The molecule has 8 heteroatoms. The minimum atomic E-state index is -0.904. The van der Waals surface area contributed by atoms with Gasteiger partial charge in [0, 0.05) is 11.3 Å². The number of anilines is 1. The molecule has 1 N–H and O–H groups in total. The van der Waals surface area contributed by atoms with Crippen LogP contribution in [-0.2, 0) is 19.7 Å². The van der Waals surface area contributed by atoms with Crippen molar-refractivity contribution in [3.63, 3.8) is 0 Å². The molecule has 1 unspecified atom stereocenters. The minimum absolute atomic E-state index is 0.0468. The predicted octanol–water partition coefficient (Wildman–Crippen LogP) is 5.13. The van der Waals surface area contributed by atoms with Crippen molar-refractivity contribution in [1.29, 1.82) is 0 Å². The third-order valence-electron chi connectivity index (χ3n) is 6.75. The van der Waals surface area contributed by atoms with Crippen molar-refractivity contribution >= 4 is 29.1 Å². The van der Waals surface area contributed by atoms with Crippen molar-refractivity contribution < 1.29 is 33.7 Å². The van der Waals surface area contributed by atoms with Gasteiger partial charge in [-0.2, -0.15) is 0 Å². The summed E-state index contributed by atoms with van der Waals surface area (Å²) in [5.74, 6) is -1.48. The number of amides is 1. The Morgan fingerprint density at radius 2 is 1.55 bits per heavy atom. The number of nitrogens with zero attached hydrogens (tertiary/aromatic N) is 1. The molecule has 0 spiro atoms. The van der Waals surface area contributed by atoms with Crippen LogP contribution >= 0.6 is 0 Å². The summed E-state index contributed by atoms with van der Waals surface area (Å²) in [6, 6.07) is 17.8. The molecule has 1 amide bonds. The fraction of sp³-hybridized carbons (Fsp3) is 0.233. The molecular formula is C30H27NO7. The van der Waals surface area contributed by atoms with Crippen molar-refractivity contribution in [2.75, 3.05) is 18.8 Å². The van der Waals surface area contributed by atoms with Gasteiger partial charge in [-0.3, -0.25) is 14.5 Å². The lowest BCUT2D eigenvalue weighted by Gasteiger charge is -2.26. The SMILES string of the molecule is COC(=O)c1ccc(N2C(=O)C(=O)/C(=C(\O)c3ccc4c(c3)OCO4)C2c2ccc(C(C)(C)C)cc2)cc1. The van der Waals surface area contributed by atoms with E-state index in [0.29, 0.717) is 33.9 Å². The Hall–Kier alpha value is -4.59. The molecule has 194 valence electrons. The highest BCUT2D eigenvalue weighted by atomic mass is 16.7. The highest BCUT2D eigenvalue weighted by Crippen LogP contribution is 2.44. The van der Waals surface area contributed by atoms with E-state index in [1.165, 1.54) is 24.1 Å². The number of hydrogen-bond donors (Lipinski definition) is 1. The number of carbonyl (C=O) groups excluding carboxylic acids is 3. The van der Waals surface area contributed by atoms with Gasteiger partial charge in [-0.05, 0) is 59.0 Å². The molecule has 1 fully saturated rings. The van der Waals surface area contributed by atoms with Gasteiger partial charge in [0.25, 0.3) is 11.7 Å². The number of rotatable bonds is 4. The van der Waals surface area contributed by atoms with Gasteiger partial charge < -0.3 is 19.3 Å². The van der Waals surface area contributed by atoms with E-state index in [1.54, 1.807) is 30.3 Å². The van der Waals surface area contributed by atoms with E-state index in [9.17, 15) is 19.5 Å². The quantitative estimate of drug-likeness (QED) is 0.223. The van der Waals surface area contributed by atoms with E-state index in [0.717, 1.165) is 5.56 Å². The third kappa shape index (κ3) is 4.28. The van der Waals surface area contributed by atoms with Crippen LogP contribution in [0.15, 0.2) is 72.3 Å². The molecule has 2 aliphatic rings. The van der Waals surface area contributed by atoms with Gasteiger partial charge in [0.05, 0.1) is 24.3 Å². The van der Waals surface area contributed by atoms with Crippen LogP contribution in [0.25, 0.3) is 5.76 Å². The molecule has 0 bridgehead atoms. The summed E-state index contributed by atoms with van der Waals surface area (Å²) >= 11 is 0. The Bertz CT molecular complexity index is 1460. The summed E-state index contributed by atoms with van der Waals surface area (Å²) in [5, 5.41) is 11.4. The van der Waals surface area contributed by atoms with Gasteiger partial charge in [0.2, 0.25) is 6.79 Å². The Morgan fingerprint density at radius 1 is 0.921 bits per heavy atom. The standard InChI is InChI=1S/C30H27NO7/c1-30(2,3)20-10-5-17(6-11-20)25-24(26(32)19-9-14-22-23(15-19)38-16-37-22)27(33)28(34)31(25)21-12-7-18(8-13-21)29(35)36-4/h5-15,25,32H,16H2,1-4H3/b26-24-. The van der Waals surface area contributed by atoms with Crippen molar-refractivity contribution in [3.8, 4) is 11.5 Å². The molecule has 0 aromatic heterocycles. The molecular weight excluding hydrogens is 486 g/mol. The smallest absolute Gasteiger partial charge is 0.337 e. The van der Waals surface area contributed by atoms with E-state index in [-0.39, 0.29) is 23.5 Å². The van der Waals surface area contributed by atoms with Crippen LogP contribution in [0.2, 0.25) is 0 Å². The van der Waals surface area contributed by atoms with E-state index in [4.69, 9.17) is 14.2 Å². The lowest BCUT2D eigenvalue weighted by Crippen LogP contribution is -2.29. The van der Waals surface area contributed by atoms with Gasteiger partial charge in [-0.15, -0.1) is 0 Å². The normalized spacial score (nSPS) is 18.1. The highest BCUT2D eigenvalue weighted by Gasteiger charge is 2.47. The molecule has 3 aromatic carbocycles. The average molecular weight is 514 g/mol. The monoisotopic (exact) mass is 513 g/mol. The Labute approximate surface area is 220 Å². The van der Waals surface area contributed by atoms with Crippen LogP contribution in [-0.4, -0.2) is 36.7 Å². The zero-order valence-corrected chi connectivity index (χ0v) is 21.5. The molecule has 5 rings (SSSR count). The van der Waals surface area contributed by atoms with Gasteiger partial charge in [0.1, 0.15) is 5.76 Å². The molecule has 1 atom stereocenters. The first-order valence-electron chi connectivity index (χ1n) is 12.1. The minimum Gasteiger partial charge on any atom is -0.507 e. The lowest BCUT2D eigenvalue weighted by molar-refractivity contribution is -0.132. The van der Waals surface area contributed by atoms with E-state index >= 15 is 0 Å². The van der Waals surface area contributed by atoms with Gasteiger partial charge in [0.15, 0.2) is 11.5 Å². The lowest BCUT2D eigenvalue weighted by atomic mass is 9.85. The maximum absolute atomic E-state index is 13.4. The summed E-state index contributed by atoms with van der Waals surface area (Å²) in [5.41, 5.74) is 2.61. The number of benzene rings is 3. The second kappa shape index (κ2) is 9.37. The fourth-order valence-electron chi connectivity index (χ4n) is 4.65. The van der Waals surface area contributed by atoms with Crippen molar-refractivity contribution in [2.45, 2.75) is 32.2 Å². The summed E-state index contributed by atoms with van der Waals surface area (Å²) in [6.07, 6.45) is 0. The van der Waals surface area contributed by atoms with E-state index in [1.807, 2.05) is 24.3 Å². The average Bonchev–Trinajstić information content (AvgIpc) is 3.49. The largest absolute Gasteiger partial charge is 0.507 e. The molecule has 2 heterocycles. The van der Waals surface area contributed by atoms with Crippen LogP contribution in [0.3, 0.4) is 0 Å². The zero-order valence-electron chi connectivity index (χ0n) is 21.5. The molecule has 8 nitrogen and oxygen atoms in total. The number of methoxy groups -OCH3 is 1. The van der Waals surface area contributed by atoms with Gasteiger partial charge >= 0.3 is 5.97 Å². The first kappa shape index (κ1) is 25.1. The number of aliphatic hydroxyl groups excluding tert-OH is 1. The predicted molar refractivity (Wildman–Crippen MR) is 140 cm³/mol. The second-order valence-electron chi connectivity index (χ2n) is 10.1. The van der Waals surface area contributed by atoms with Crippen LogP contribution in [0.4, 0.5) is 5.69 Å². The molecule has 0 radical (unpaired) electrons. The van der Waals surface area contributed by atoms with Crippen LogP contribution in [0.5, 0.6) is 11.5 Å². The molecule has 1 saturated heterocycles. The van der Waals surface area contributed by atoms with Crippen LogP contribution in [0.1, 0.15) is 53.9 Å². The number of esters is 1. The maximum Gasteiger partial charge on any atom is 0.337 e. The molecule has 0 aliphatic carbocycles. The van der Waals surface area contributed by atoms with Crippen LogP contribution < -0.4 is 14.4 Å². The van der Waals surface area contributed by atoms with E-state index < -0.39 is 23.7 Å². The van der Waals surface area contributed by atoms with Crippen molar-refractivity contribution in [2.24, 2.45) is 0 Å². The fourth-order valence-corrected chi connectivity index (χ4v) is 4.65. The van der Waals surface area contributed by atoms with Crippen molar-refractivity contribution in [1.82, 2.24) is 0 Å². The third-order valence-corrected chi connectivity index (χ3v) is 6.75. The molecule has 3 aromatic rings. The maximum atomic E-state index is 13.4. The molecule has 0 saturated carbocycles. The van der Waals surface area contributed by atoms with Crippen molar-refractivity contribution in [3.05, 3.63) is 94.6 Å². The number of ether oxygens (including phenoxy) is 3. The number of fused-ring (bicyclic) bond motifs is 1. The first-order chi connectivity index (χ1) is 18.1. The number of hydrogen-bond acceptors (Lipinski definition) is 7. The Balaban J connectivity index is 1.66. The van der Waals surface area contributed by atoms with Gasteiger partial charge in [-0.1, -0.05) is 45.0 Å². The van der Waals surface area contributed by atoms with E-state index in [2.05, 4.69) is 20.8 Å². The molecule has 2 aliphatic heterocycles. The number of Topliss-reactive ketones (excluding diaryl/α,β-unsaturated/α-hetero) is 1. The summed E-state index contributed by atoms with van der Waals surface area (Å²) < 4.78 is 15.5. The summed E-state index contributed by atoms with van der Waals surface area (Å²) in [4.78, 5) is 40.1. The van der Waals surface area contributed by atoms with Crippen LogP contribution in [0, 0.1) is 0 Å².